The molecule has 7 heteroatoms. The SMILES string of the molecule is CC1(C)CCC(CN2C3CC2CN(c2ccc4c(c2)CN(C2CCC(=O)NC2=O)C4)C3)=C(c2ccc(F)cc2)C1. The molecule has 40 heavy (non-hydrogen) atoms. The van der Waals surface area contributed by atoms with Crippen LogP contribution in [0.5, 0.6) is 0 Å². The predicted octanol–water partition coefficient (Wildman–Crippen LogP) is 4.87. The number of anilines is 1. The van der Waals surface area contributed by atoms with E-state index < -0.39 is 0 Å². The van der Waals surface area contributed by atoms with Gasteiger partial charge in [0.2, 0.25) is 11.8 Å². The van der Waals surface area contributed by atoms with Gasteiger partial charge >= 0.3 is 0 Å². The largest absolute Gasteiger partial charge is 0.368 e. The number of benzene rings is 2. The standard InChI is InChI=1S/C33H39FN4O2/c1-33(2)12-11-23(29(15-33)21-3-6-25(34)7-4-21)18-38-27-14-28(38)20-36(19-27)26-8-5-22-16-37(17-24(22)13-26)30-9-10-31(39)35-32(30)40/h3-8,13,27-28,30H,9-12,14-20H2,1-2H3,(H,35,39,40). The lowest BCUT2D eigenvalue weighted by Crippen LogP contribution is -2.69. The molecule has 0 spiro atoms. The van der Waals surface area contributed by atoms with Crippen LogP contribution in [-0.2, 0) is 22.7 Å². The van der Waals surface area contributed by atoms with E-state index in [2.05, 4.69) is 52.1 Å². The van der Waals surface area contributed by atoms with Crippen LogP contribution in [0, 0.1) is 11.2 Å². The summed E-state index contributed by atoms with van der Waals surface area (Å²) < 4.78 is 13.7. The van der Waals surface area contributed by atoms with Gasteiger partial charge in [0.15, 0.2) is 0 Å². The molecule has 0 aromatic heterocycles. The van der Waals surface area contributed by atoms with E-state index in [1.54, 1.807) is 17.7 Å². The first kappa shape index (κ1) is 25.9. The second-order valence-electron chi connectivity index (χ2n) is 13.4. The lowest BCUT2D eigenvalue weighted by molar-refractivity contribution is -0.137. The van der Waals surface area contributed by atoms with Gasteiger partial charge in [-0.1, -0.05) is 37.6 Å². The molecule has 4 saturated heterocycles. The van der Waals surface area contributed by atoms with E-state index in [1.807, 2.05) is 12.1 Å². The zero-order valence-corrected chi connectivity index (χ0v) is 23.6. The van der Waals surface area contributed by atoms with Crippen LogP contribution >= 0.6 is 0 Å². The van der Waals surface area contributed by atoms with Crippen molar-refractivity contribution >= 4 is 23.1 Å². The van der Waals surface area contributed by atoms with Crippen molar-refractivity contribution in [2.75, 3.05) is 24.5 Å². The first-order valence-electron chi connectivity index (χ1n) is 14.9. The number of carbonyl (C=O) groups is 2. The van der Waals surface area contributed by atoms with Gasteiger partial charge < -0.3 is 4.90 Å². The Morgan fingerprint density at radius 2 is 1.73 bits per heavy atom. The van der Waals surface area contributed by atoms with E-state index in [0.717, 1.165) is 45.6 Å². The molecule has 0 radical (unpaired) electrons. The number of nitrogens with zero attached hydrogens (tertiary/aromatic N) is 3. The van der Waals surface area contributed by atoms with Crippen molar-refractivity contribution in [2.24, 2.45) is 5.41 Å². The molecule has 2 aromatic carbocycles. The van der Waals surface area contributed by atoms with Crippen molar-refractivity contribution < 1.29 is 14.0 Å². The van der Waals surface area contributed by atoms with Gasteiger partial charge in [0.05, 0.1) is 6.04 Å². The summed E-state index contributed by atoms with van der Waals surface area (Å²) >= 11 is 0. The fourth-order valence-electron chi connectivity index (χ4n) is 7.70. The Labute approximate surface area is 236 Å². The van der Waals surface area contributed by atoms with E-state index in [9.17, 15) is 14.0 Å². The molecular weight excluding hydrogens is 503 g/mol. The maximum atomic E-state index is 13.7. The van der Waals surface area contributed by atoms with E-state index in [0.29, 0.717) is 24.9 Å². The number of imide groups is 1. The van der Waals surface area contributed by atoms with Gasteiger partial charge in [0.25, 0.3) is 0 Å². The predicted molar refractivity (Wildman–Crippen MR) is 154 cm³/mol. The van der Waals surface area contributed by atoms with E-state index in [-0.39, 0.29) is 29.1 Å². The van der Waals surface area contributed by atoms with Gasteiger partial charge in [0.1, 0.15) is 5.82 Å². The molecule has 8 rings (SSSR count). The van der Waals surface area contributed by atoms with Crippen molar-refractivity contribution in [3.8, 4) is 0 Å². The monoisotopic (exact) mass is 542 g/mol. The van der Waals surface area contributed by atoms with Crippen molar-refractivity contribution in [1.29, 1.82) is 0 Å². The number of hydrogen-bond donors (Lipinski definition) is 1. The lowest BCUT2D eigenvalue weighted by Gasteiger charge is -2.57. The highest BCUT2D eigenvalue weighted by atomic mass is 19.1. The normalized spacial score (nSPS) is 28.4. The summed E-state index contributed by atoms with van der Waals surface area (Å²) in [4.78, 5) is 31.5. The molecule has 5 heterocycles. The zero-order valence-electron chi connectivity index (χ0n) is 23.6. The van der Waals surface area contributed by atoms with E-state index >= 15 is 0 Å². The van der Waals surface area contributed by atoms with Crippen LogP contribution in [0.25, 0.3) is 5.57 Å². The number of fused-ring (bicyclic) bond motifs is 3. The maximum Gasteiger partial charge on any atom is 0.243 e. The molecule has 1 N–H and O–H groups in total. The van der Waals surface area contributed by atoms with Gasteiger partial charge in [-0.2, -0.15) is 0 Å². The van der Waals surface area contributed by atoms with Crippen LogP contribution in [0.1, 0.15) is 69.1 Å². The van der Waals surface area contributed by atoms with Crippen molar-refractivity contribution in [3.05, 3.63) is 70.5 Å². The molecule has 2 amide bonds. The van der Waals surface area contributed by atoms with E-state index in [1.165, 1.54) is 40.8 Å². The topological polar surface area (TPSA) is 55.9 Å². The number of hydrogen-bond acceptors (Lipinski definition) is 5. The van der Waals surface area contributed by atoms with Crippen LogP contribution in [0.3, 0.4) is 0 Å². The number of nitrogens with one attached hydrogen (secondary N) is 1. The Hall–Kier alpha value is -3.03. The fourth-order valence-corrected chi connectivity index (χ4v) is 7.70. The highest BCUT2D eigenvalue weighted by Gasteiger charge is 2.45. The summed E-state index contributed by atoms with van der Waals surface area (Å²) in [7, 11) is 0. The Morgan fingerprint density at radius 1 is 0.975 bits per heavy atom. The summed E-state index contributed by atoms with van der Waals surface area (Å²) in [5.74, 6) is -0.485. The molecule has 2 bridgehead atoms. The first-order chi connectivity index (χ1) is 19.2. The van der Waals surface area contributed by atoms with Gasteiger partial charge in [-0.25, -0.2) is 4.39 Å². The number of halogens is 1. The number of amides is 2. The van der Waals surface area contributed by atoms with Crippen LogP contribution in [-0.4, -0.2) is 59.4 Å². The van der Waals surface area contributed by atoms with Crippen LogP contribution in [0.15, 0.2) is 48.0 Å². The van der Waals surface area contributed by atoms with Crippen molar-refractivity contribution in [1.82, 2.24) is 15.1 Å². The minimum atomic E-state index is -0.218. The number of allylic oxidation sites excluding steroid dienone is 1. The van der Waals surface area contributed by atoms with Gasteiger partial charge in [-0.3, -0.25) is 24.7 Å². The minimum Gasteiger partial charge on any atom is -0.368 e. The van der Waals surface area contributed by atoms with Crippen LogP contribution < -0.4 is 10.2 Å². The Bertz CT molecular complexity index is 1370. The quantitative estimate of drug-likeness (QED) is 0.547. The summed E-state index contributed by atoms with van der Waals surface area (Å²) in [6.07, 6.45) is 5.65. The highest BCUT2D eigenvalue weighted by Crippen LogP contribution is 2.45. The smallest absolute Gasteiger partial charge is 0.243 e. The third-order valence-electron chi connectivity index (χ3n) is 10.0. The van der Waals surface area contributed by atoms with Crippen LogP contribution in [0.2, 0.25) is 0 Å². The number of carbonyl (C=O) groups excluding carboxylic acids is 2. The zero-order chi connectivity index (χ0) is 27.6. The number of piperidine rings is 2. The molecule has 210 valence electrons. The highest BCUT2D eigenvalue weighted by molar-refractivity contribution is 6.00. The third-order valence-corrected chi connectivity index (χ3v) is 10.0. The Morgan fingerprint density at radius 3 is 2.48 bits per heavy atom. The molecule has 2 aromatic rings. The van der Waals surface area contributed by atoms with Gasteiger partial charge in [-0.05, 0) is 84.0 Å². The maximum absolute atomic E-state index is 13.7. The molecule has 1 aliphatic carbocycles. The van der Waals surface area contributed by atoms with Gasteiger partial charge in [-0.15, -0.1) is 0 Å². The average molecular weight is 543 g/mol. The Balaban J connectivity index is 1.03. The number of piperazine rings is 1. The van der Waals surface area contributed by atoms with Gasteiger partial charge in [0, 0.05) is 56.9 Å². The molecule has 6 nitrogen and oxygen atoms in total. The summed E-state index contributed by atoms with van der Waals surface area (Å²) in [5.41, 5.74) is 8.30. The summed E-state index contributed by atoms with van der Waals surface area (Å²) in [6.45, 7) is 9.33. The van der Waals surface area contributed by atoms with Crippen molar-refractivity contribution in [3.63, 3.8) is 0 Å². The molecular formula is C33H39FN4O2. The van der Waals surface area contributed by atoms with Crippen molar-refractivity contribution in [2.45, 2.75) is 83.6 Å². The fraction of sp³-hybridized carbons (Fsp3) is 0.515. The number of rotatable bonds is 5. The Kier molecular flexibility index (Phi) is 6.35. The first-order valence-corrected chi connectivity index (χ1v) is 14.9. The molecule has 3 atom stereocenters. The lowest BCUT2D eigenvalue weighted by atomic mass is 9.72. The second-order valence-corrected chi connectivity index (χ2v) is 13.4. The molecule has 4 fully saturated rings. The molecule has 6 aliphatic rings. The summed E-state index contributed by atoms with van der Waals surface area (Å²) in [5, 5.41) is 2.51. The summed E-state index contributed by atoms with van der Waals surface area (Å²) in [6, 6.07) is 14.8. The van der Waals surface area contributed by atoms with Crippen LogP contribution in [0.4, 0.5) is 10.1 Å². The third kappa shape index (κ3) is 4.77. The molecule has 5 aliphatic heterocycles. The molecule has 0 saturated carbocycles. The van der Waals surface area contributed by atoms with E-state index in [4.69, 9.17) is 0 Å². The molecule has 3 unspecified atom stereocenters. The second kappa shape index (κ2) is 9.81. The minimum absolute atomic E-state index is 0.153. The average Bonchev–Trinajstić information content (AvgIpc) is 3.35.